The molecule has 1 nitrogen and oxygen atoms in total. The van der Waals surface area contributed by atoms with Crippen molar-refractivity contribution in [1.29, 1.82) is 0 Å². The fraction of sp³-hybridized carbons (Fsp3) is 0.500. The van der Waals surface area contributed by atoms with Crippen LogP contribution < -0.4 is 0 Å². The number of hydrogen-bond acceptors (Lipinski definition) is 1. The van der Waals surface area contributed by atoms with E-state index >= 15 is 0 Å². The molecule has 0 atom stereocenters. The van der Waals surface area contributed by atoms with Crippen LogP contribution in [0.15, 0.2) is 10.6 Å². The topological polar surface area (TPSA) is 17.1 Å². The number of carbonyl (C=O) groups excluding carboxylic acids is 1. The molecule has 0 N–H and O–H groups in total. The minimum absolute atomic E-state index is 0.160. The lowest BCUT2D eigenvalue weighted by Gasteiger charge is -1.88. The molecule has 0 radical (unpaired) electrons. The highest BCUT2D eigenvalue weighted by atomic mass is 79.9. The van der Waals surface area contributed by atoms with Gasteiger partial charge in [-0.3, -0.25) is 4.79 Å². The normalized spacial score (nSPS) is 11.6. The molecule has 8 heavy (non-hydrogen) atoms. The van der Waals surface area contributed by atoms with Crippen LogP contribution in [0.5, 0.6) is 0 Å². The number of hydrogen-bond donors (Lipinski definition) is 0. The summed E-state index contributed by atoms with van der Waals surface area (Å²) in [5.41, 5.74) is 0. The molecule has 0 rings (SSSR count). The number of Topliss-reactive ketones (excluding diaryl/α,β-unsaturated/α-hetero) is 1. The zero-order chi connectivity index (χ0) is 6.57. The standard InChI is InChI=1S/C6H9BrO/c1-3-5(7)6(8)4-2/h3H,4H2,1-2H3/b5-3-. The summed E-state index contributed by atoms with van der Waals surface area (Å²) in [7, 11) is 0. The fourth-order valence-electron chi connectivity index (χ4n) is 0.330. The summed E-state index contributed by atoms with van der Waals surface area (Å²) in [6.45, 7) is 3.67. The third-order valence-electron chi connectivity index (χ3n) is 0.841. The van der Waals surface area contributed by atoms with Crippen molar-refractivity contribution in [3.05, 3.63) is 10.6 Å². The lowest BCUT2D eigenvalue weighted by atomic mass is 10.3. The summed E-state index contributed by atoms with van der Waals surface area (Å²) in [6, 6.07) is 0. The zero-order valence-electron chi connectivity index (χ0n) is 5.07. The zero-order valence-corrected chi connectivity index (χ0v) is 6.66. The Morgan fingerprint density at radius 3 is 2.38 bits per heavy atom. The van der Waals surface area contributed by atoms with E-state index in [1.165, 1.54) is 0 Å². The average molecular weight is 177 g/mol. The predicted molar refractivity (Wildman–Crippen MR) is 38.0 cm³/mol. The van der Waals surface area contributed by atoms with Gasteiger partial charge in [-0.15, -0.1) is 0 Å². The van der Waals surface area contributed by atoms with Gasteiger partial charge >= 0.3 is 0 Å². The van der Waals surface area contributed by atoms with Crippen molar-refractivity contribution < 1.29 is 4.79 Å². The van der Waals surface area contributed by atoms with Gasteiger partial charge in [-0.05, 0) is 22.9 Å². The molecule has 0 bridgehead atoms. The molecule has 0 saturated heterocycles. The third-order valence-corrected chi connectivity index (χ3v) is 1.74. The summed E-state index contributed by atoms with van der Waals surface area (Å²) >= 11 is 3.11. The molecule has 0 heterocycles. The first-order valence-electron chi connectivity index (χ1n) is 2.57. The maximum Gasteiger partial charge on any atom is 0.169 e. The Bertz CT molecular complexity index is 116. The quantitative estimate of drug-likeness (QED) is 0.591. The van der Waals surface area contributed by atoms with Gasteiger partial charge in [0.05, 0.1) is 4.48 Å². The van der Waals surface area contributed by atoms with Gasteiger partial charge < -0.3 is 0 Å². The summed E-state index contributed by atoms with van der Waals surface area (Å²) in [6.07, 6.45) is 2.33. The van der Waals surface area contributed by atoms with Crippen molar-refractivity contribution in [2.75, 3.05) is 0 Å². The molecule has 0 aliphatic carbocycles. The first-order chi connectivity index (χ1) is 3.72. The summed E-state index contributed by atoms with van der Waals surface area (Å²) < 4.78 is 0.681. The second kappa shape index (κ2) is 3.84. The first-order valence-corrected chi connectivity index (χ1v) is 3.36. The molecular weight excluding hydrogens is 168 g/mol. The molecule has 46 valence electrons. The van der Waals surface area contributed by atoms with Gasteiger partial charge in [-0.1, -0.05) is 13.0 Å². The number of ketones is 1. The van der Waals surface area contributed by atoms with Crippen LogP contribution in [0.3, 0.4) is 0 Å². The van der Waals surface area contributed by atoms with E-state index in [2.05, 4.69) is 15.9 Å². The minimum atomic E-state index is 0.160. The highest BCUT2D eigenvalue weighted by Gasteiger charge is 1.98. The molecule has 0 aromatic rings. The van der Waals surface area contributed by atoms with Gasteiger partial charge in [0.15, 0.2) is 5.78 Å². The SMILES string of the molecule is C/C=C(\Br)C(=O)CC. The van der Waals surface area contributed by atoms with Crippen LogP contribution in [-0.4, -0.2) is 5.78 Å². The van der Waals surface area contributed by atoms with Crippen LogP contribution in [0.4, 0.5) is 0 Å². The molecular formula is C6H9BrO. The van der Waals surface area contributed by atoms with E-state index in [1.807, 2.05) is 13.8 Å². The summed E-state index contributed by atoms with van der Waals surface area (Å²) in [5.74, 6) is 0.160. The Hall–Kier alpha value is -0.110. The third kappa shape index (κ3) is 2.26. The van der Waals surface area contributed by atoms with E-state index < -0.39 is 0 Å². The number of rotatable bonds is 2. The predicted octanol–water partition coefficient (Wildman–Crippen LogP) is 2.26. The van der Waals surface area contributed by atoms with Crippen molar-refractivity contribution >= 4 is 21.7 Å². The molecule has 0 aromatic carbocycles. The van der Waals surface area contributed by atoms with Crippen molar-refractivity contribution in [3.63, 3.8) is 0 Å². The van der Waals surface area contributed by atoms with Crippen LogP contribution >= 0.6 is 15.9 Å². The highest BCUT2D eigenvalue weighted by molar-refractivity contribution is 9.12. The largest absolute Gasteiger partial charge is 0.294 e. The first kappa shape index (κ1) is 7.89. The molecule has 0 saturated carbocycles. The molecule has 2 heteroatoms. The number of halogens is 1. The van der Waals surface area contributed by atoms with Gasteiger partial charge in [0.25, 0.3) is 0 Å². The molecule has 0 aliphatic heterocycles. The van der Waals surface area contributed by atoms with Crippen molar-refractivity contribution in [2.24, 2.45) is 0 Å². The monoisotopic (exact) mass is 176 g/mol. The van der Waals surface area contributed by atoms with Crippen LogP contribution in [0, 0.1) is 0 Å². The van der Waals surface area contributed by atoms with Crippen molar-refractivity contribution in [3.8, 4) is 0 Å². The van der Waals surface area contributed by atoms with E-state index in [4.69, 9.17) is 0 Å². The summed E-state index contributed by atoms with van der Waals surface area (Å²) in [5, 5.41) is 0. The fourth-order valence-corrected chi connectivity index (χ4v) is 0.610. The van der Waals surface area contributed by atoms with Gasteiger partial charge in [-0.2, -0.15) is 0 Å². The maximum atomic E-state index is 10.6. The lowest BCUT2D eigenvalue weighted by Crippen LogP contribution is -1.91. The maximum absolute atomic E-state index is 10.6. The van der Waals surface area contributed by atoms with E-state index in [0.29, 0.717) is 10.9 Å². The Morgan fingerprint density at radius 2 is 2.25 bits per heavy atom. The Kier molecular flexibility index (Phi) is 3.79. The van der Waals surface area contributed by atoms with E-state index in [1.54, 1.807) is 6.08 Å². The Balaban J connectivity index is 3.83. The van der Waals surface area contributed by atoms with Crippen molar-refractivity contribution in [1.82, 2.24) is 0 Å². The molecule has 0 aliphatic rings. The van der Waals surface area contributed by atoms with Gasteiger partial charge in [0.1, 0.15) is 0 Å². The Morgan fingerprint density at radius 1 is 1.75 bits per heavy atom. The van der Waals surface area contributed by atoms with E-state index in [9.17, 15) is 4.79 Å². The van der Waals surface area contributed by atoms with Gasteiger partial charge in [0, 0.05) is 6.42 Å². The second-order valence-electron chi connectivity index (χ2n) is 1.41. The van der Waals surface area contributed by atoms with Crippen LogP contribution in [0.2, 0.25) is 0 Å². The molecule has 0 fully saturated rings. The average Bonchev–Trinajstić information content (AvgIpc) is 1.84. The highest BCUT2D eigenvalue weighted by Crippen LogP contribution is 2.06. The van der Waals surface area contributed by atoms with Crippen LogP contribution in [0.25, 0.3) is 0 Å². The van der Waals surface area contributed by atoms with E-state index in [-0.39, 0.29) is 5.78 Å². The summed E-state index contributed by atoms with van der Waals surface area (Å²) in [4.78, 5) is 10.6. The van der Waals surface area contributed by atoms with E-state index in [0.717, 1.165) is 0 Å². The minimum Gasteiger partial charge on any atom is -0.294 e. The molecule has 0 unspecified atom stereocenters. The molecule has 0 amide bonds. The van der Waals surface area contributed by atoms with Crippen LogP contribution in [-0.2, 0) is 4.79 Å². The number of carbonyl (C=O) groups is 1. The number of allylic oxidation sites excluding steroid dienone is 2. The van der Waals surface area contributed by atoms with Crippen LogP contribution in [0.1, 0.15) is 20.3 Å². The van der Waals surface area contributed by atoms with Crippen molar-refractivity contribution in [2.45, 2.75) is 20.3 Å². The van der Waals surface area contributed by atoms with Gasteiger partial charge in [0.2, 0.25) is 0 Å². The molecule has 0 spiro atoms. The van der Waals surface area contributed by atoms with Gasteiger partial charge in [-0.25, -0.2) is 0 Å². The Labute approximate surface area is 57.9 Å². The molecule has 0 aromatic heterocycles. The lowest BCUT2D eigenvalue weighted by molar-refractivity contribution is -0.114. The second-order valence-corrected chi connectivity index (χ2v) is 2.27. The smallest absolute Gasteiger partial charge is 0.169 e.